The zero-order chi connectivity index (χ0) is 20.9. The van der Waals surface area contributed by atoms with Crippen molar-refractivity contribution in [2.24, 2.45) is 5.92 Å². The van der Waals surface area contributed by atoms with E-state index in [4.69, 9.17) is 4.74 Å². The van der Waals surface area contributed by atoms with Crippen LogP contribution in [0.2, 0.25) is 0 Å². The summed E-state index contributed by atoms with van der Waals surface area (Å²) in [7, 11) is 0. The molecule has 1 unspecified atom stereocenters. The molecule has 0 bridgehead atoms. The summed E-state index contributed by atoms with van der Waals surface area (Å²) in [6, 6.07) is 6.37. The molecule has 1 aliphatic heterocycles. The fourth-order valence-corrected chi connectivity index (χ4v) is 2.98. The molecule has 1 atom stereocenters. The molecule has 156 valence electrons. The molecule has 0 aliphatic carbocycles. The first-order chi connectivity index (χ1) is 12.9. The largest absolute Gasteiger partial charge is 0.444 e. The number of likely N-dealkylation sites (tertiary alicyclic amines) is 1. The molecule has 9 heteroatoms. The molecular weight excluding hydrogens is 375 g/mol. The Balaban J connectivity index is 1.84. The van der Waals surface area contributed by atoms with Gasteiger partial charge in [0.05, 0.1) is 6.54 Å². The summed E-state index contributed by atoms with van der Waals surface area (Å²) >= 11 is 0. The first-order valence-electron chi connectivity index (χ1n) is 9.09. The van der Waals surface area contributed by atoms with Gasteiger partial charge in [-0.3, -0.25) is 15.0 Å². The highest BCUT2D eigenvalue weighted by Crippen LogP contribution is 2.22. The summed E-state index contributed by atoms with van der Waals surface area (Å²) < 4.78 is 42.5. The van der Waals surface area contributed by atoms with Crippen LogP contribution in [0.4, 0.5) is 23.7 Å². The zero-order valence-corrected chi connectivity index (χ0v) is 16.2. The Labute approximate surface area is 162 Å². The van der Waals surface area contributed by atoms with Gasteiger partial charge in [-0.2, -0.15) is 13.2 Å². The second-order valence-corrected chi connectivity index (χ2v) is 7.92. The number of halogens is 3. The van der Waals surface area contributed by atoms with Crippen LogP contribution in [0.1, 0.15) is 37.6 Å². The van der Waals surface area contributed by atoms with Crippen LogP contribution in [-0.4, -0.2) is 54.9 Å². The molecule has 1 aliphatic rings. The molecule has 0 spiro atoms. The van der Waals surface area contributed by atoms with Gasteiger partial charge in [0.25, 0.3) is 5.91 Å². The van der Waals surface area contributed by atoms with Gasteiger partial charge in [0.1, 0.15) is 5.60 Å². The first kappa shape index (κ1) is 22.0. The molecule has 1 aromatic rings. The van der Waals surface area contributed by atoms with E-state index in [-0.39, 0.29) is 11.8 Å². The Morgan fingerprint density at radius 1 is 1.25 bits per heavy atom. The predicted molar refractivity (Wildman–Crippen MR) is 99.2 cm³/mol. The second kappa shape index (κ2) is 8.81. The van der Waals surface area contributed by atoms with E-state index in [1.54, 1.807) is 39.0 Å². The van der Waals surface area contributed by atoms with Gasteiger partial charge in [0.2, 0.25) is 0 Å². The van der Waals surface area contributed by atoms with Crippen LogP contribution >= 0.6 is 0 Å². The van der Waals surface area contributed by atoms with Crippen LogP contribution in [0, 0.1) is 5.92 Å². The number of carbonyl (C=O) groups excluding carboxylic acids is 2. The number of amides is 2. The van der Waals surface area contributed by atoms with E-state index in [0.29, 0.717) is 37.3 Å². The number of hydrogen-bond acceptors (Lipinski definition) is 4. The van der Waals surface area contributed by atoms with Crippen LogP contribution < -0.4 is 10.6 Å². The number of nitrogens with zero attached hydrogens (tertiary/aromatic N) is 1. The number of nitrogens with one attached hydrogen (secondary N) is 2. The van der Waals surface area contributed by atoms with Crippen LogP contribution in [-0.2, 0) is 4.74 Å². The van der Waals surface area contributed by atoms with E-state index in [9.17, 15) is 22.8 Å². The number of benzene rings is 1. The standard InChI is InChI=1S/C19H26F3N3O3/c1-18(2,3)28-17(27)24-15-6-4-5-14(9-15)16(26)23-10-13-7-8-25(11-13)12-19(20,21)22/h4-6,9,13H,7-8,10-12H2,1-3H3,(H,23,26)(H,24,27). The summed E-state index contributed by atoms with van der Waals surface area (Å²) in [6.45, 7) is 5.29. The zero-order valence-electron chi connectivity index (χ0n) is 16.2. The summed E-state index contributed by atoms with van der Waals surface area (Å²) in [5, 5.41) is 5.32. The number of anilines is 1. The molecule has 1 saturated heterocycles. The van der Waals surface area contributed by atoms with Crippen LogP contribution in [0.5, 0.6) is 0 Å². The van der Waals surface area contributed by atoms with Crippen LogP contribution in [0.25, 0.3) is 0 Å². The van der Waals surface area contributed by atoms with Crippen molar-refractivity contribution in [1.82, 2.24) is 10.2 Å². The highest BCUT2D eigenvalue weighted by molar-refractivity contribution is 5.96. The normalized spacial score (nSPS) is 18.0. The van der Waals surface area contributed by atoms with E-state index in [2.05, 4.69) is 10.6 Å². The quantitative estimate of drug-likeness (QED) is 0.790. The molecular formula is C19H26F3N3O3. The molecule has 2 amide bonds. The maximum atomic E-state index is 12.4. The second-order valence-electron chi connectivity index (χ2n) is 7.92. The highest BCUT2D eigenvalue weighted by atomic mass is 19.4. The molecule has 0 radical (unpaired) electrons. The summed E-state index contributed by atoms with van der Waals surface area (Å²) in [6.07, 6.45) is -4.23. The van der Waals surface area contributed by atoms with Crippen molar-refractivity contribution in [3.05, 3.63) is 29.8 Å². The van der Waals surface area contributed by atoms with Gasteiger partial charge in [-0.25, -0.2) is 4.79 Å². The minimum atomic E-state index is -4.21. The van der Waals surface area contributed by atoms with Crippen molar-refractivity contribution in [3.8, 4) is 0 Å². The number of carbonyl (C=O) groups is 2. The van der Waals surface area contributed by atoms with E-state index < -0.39 is 24.4 Å². The van der Waals surface area contributed by atoms with E-state index >= 15 is 0 Å². The van der Waals surface area contributed by atoms with Gasteiger partial charge in [0, 0.05) is 24.3 Å². The van der Waals surface area contributed by atoms with E-state index in [0.717, 1.165) is 0 Å². The molecule has 2 rings (SSSR count). The maximum Gasteiger partial charge on any atom is 0.412 e. The molecule has 6 nitrogen and oxygen atoms in total. The Morgan fingerprint density at radius 2 is 1.96 bits per heavy atom. The van der Waals surface area contributed by atoms with Crippen molar-refractivity contribution in [1.29, 1.82) is 0 Å². The Morgan fingerprint density at radius 3 is 2.61 bits per heavy atom. The fraction of sp³-hybridized carbons (Fsp3) is 0.579. The molecule has 2 N–H and O–H groups in total. The third-order valence-electron chi connectivity index (χ3n) is 4.09. The van der Waals surface area contributed by atoms with Gasteiger partial charge in [-0.05, 0) is 57.9 Å². The van der Waals surface area contributed by atoms with Gasteiger partial charge in [-0.1, -0.05) is 6.07 Å². The minimum absolute atomic E-state index is 0.0191. The van der Waals surface area contributed by atoms with Crippen molar-refractivity contribution >= 4 is 17.7 Å². The van der Waals surface area contributed by atoms with Gasteiger partial charge >= 0.3 is 12.3 Å². The molecule has 1 aromatic carbocycles. The minimum Gasteiger partial charge on any atom is -0.444 e. The summed E-state index contributed by atoms with van der Waals surface area (Å²) in [5.74, 6) is -0.364. The Kier molecular flexibility index (Phi) is 6.92. The lowest BCUT2D eigenvalue weighted by Crippen LogP contribution is -2.34. The van der Waals surface area contributed by atoms with Gasteiger partial charge in [0.15, 0.2) is 0 Å². The van der Waals surface area contributed by atoms with Crippen molar-refractivity contribution in [2.75, 3.05) is 31.5 Å². The number of hydrogen-bond donors (Lipinski definition) is 2. The summed E-state index contributed by atoms with van der Waals surface area (Å²) in [5.41, 5.74) is 0.123. The third kappa shape index (κ3) is 7.75. The van der Waals surface area contributed by atoms with Crippen molar-refractivity contribution in [2.45, 2.75) is 39.0 Å². The summed E-state index contributed by atoms with van der Waals surface area (Å²) in [4.78, 5) is 25.5. The molecule has 1 fully saturated rings. The van der Waals surface area contributed by atoms with E-state index in [1.165, 1.54) is 11.0 Å². The lowest BCUT2D eigenvalue weighted by molar-refractivity contribution is -0.143. The molecule has 0 saturated carbocycles. The smallest absolute Gasteiger partial charge is 0.412 e. The Hall–Kier alpha value is -2.29. The maximum absolute atomic E-state index is 12.4. The number of rotatable bonds is 5. The number of alkyl halides is 3. The highest BCUT2D eigenvalue weighted by Gasteiger charge is 2.34. The van der Waals surface area contributed by atoms with Crippen LogP contribution in [0.15, 0.2) is 24.3 Å². The third-order valence-corrected chi connectivity index (χ3v) is 4.09. The lowest BCUT2D eigenvalue weighted by Gasteiger charge is -2.19. The topological polar surface area (TPSA) is 70.7 Å². The monoisotopic (exact) mass is 401 g/mol. The fourth-order valence-electron chi connectivity index (χ4n) is 2.98. The van der Waals surface area contributed by atoms with Crippen molar-refractivity contribution < 1.29 is 27.5 Å². The van der Waals surface area contributed by atoms with Crippen LogP contribution in [0.3, 0.4) is 0 Å². The number of ether oxygens (including phenoxy) is 1. The Bertz CT molecular complexity index is 702. The average Bonchev–Trinajstić information content (AvgIpc) is 2.96. The molecule has 0 aromatic heterocycles. The first-order valence-corrected chi connectivity index (χ1v) is 9.09. The van der Waals surface area contributed by atoms with Crippen molar-refractivity contribution in [3.63, 3.8) is 0 Å². The lowest BCUT2D eigenvalue weighted by atomic mass is 10.1. The average molecular weight is 401 g/mol. The SMILES string of the molecule is CC(C)(C)OC(=O)Nc1cccc(C(=O)NCC2CCN(CC(F)(F)F)C2)c1. The molecule has 1 heterocycles. The predicted octanol–water partition coefficient (Wildman–Crippen LogP) is 3.65. The molecule has 28 heavy (non-hydrogen) atoms. The van der Waals surface area contributed by atoms with Gasteiger partial charge in [-0.15, -0.1) is 0 Å². The van der Waals surface area contributed by atoms with E-state index in [1.807, 2.05) is 0 Å². The van der Waals surface area contributed by atoms with Gasteiger partial charge < -0.3 is 10.1 Å².